The highest BCUT2D eigenvalue weighted by Crippen LogP contribution is 2.39. The van der Waals surface area contributed by atoms with Crippen molar-refractivity contribution in [2.75, 3.05) is 19.6 Å². The summed E-state index contributed by atoms with van der Waals surface area (Å²) in [6.07, 6.45) is 3.03. The van der Waals surface area contributed by atoms with E-state index in [0.717, 1.165) is 32.4 Å². The van der Waals surface area contributed by atoms with Crippen LogP contribution in [0.2, 0.25) is 0 Å². The molecule has 94 valence electrons. The fourth-order valence-electron chi connectivity index (χ4n) is 2.42. The monoisotopic (exact) mass is 236 g/mol. The molecule has 3 N–H and O–H groups in total. The van der Waals surface area contributed by atoms with Crippen LogP contribution in [0.4, 0.5) is 0 Å². The molecule has 2 atom stereocenters. The third-order valence-electron chi connectivity index (χ3n) is 3.70. The van der Waals surface area contributed by atoms with E-state index in [9.17, 15) is 4.79 Å². The van der Waals surface area contributed by atoms with E-state index in [4.69, 9.17) is 11.0 Å². The van der Waals surface area contributed by atoms with E-state index in [-0.39, 0.29) is 11.9 Å². The van der Waals surface area contributed by atoms with Crippen LogP contribution in [-0.2, 0) is 4.79 Å². The summed E-state index contributed by atoms with van der Waals surface area (Å²) in [5.41, 5.74) is 5.11. The van der Waals surface area contributed by atoms with Crippen molar-refractivity contribution < 1.29 is 4.79 Å². The molecule has 0 aromatic carbocycles. The van der Waals surface area contributed by atoms with Gasteiger partial charge in [0.1, 0.15) is 5.54 Å². The normalized spacial score (nSPS) is 28.4. The predicted octanol–water partition coefficient (Wildman–Crippen LogP) is -0.172. The summed E-state index contributed by atoms with van der Waals surface area (Å²) in [5, 5.41) is 12.0. The zero-order valence-corrected chi connectivity index (χ0v) is 10.3. The van der Waals surface area contributed by atoms with Crippen LogP contribution in [0.5, 0.6) is 0 Å². The van der Waals surface area contributed by atoms with Gasteiger partial charge >= 0.3 is 0 Å². The molecule has 0 bridgehead atoms. The summed E-state index contributed by atoms with van der Waals surface area (Å²) in [7, 11) is 0. The van der Waals surface area contributed by atoms with E-state index >= 15 is 0 Å². The molecule has 1 amide bonds. The molecule has 1 saturated heterocycles. The molecule has 0 radical (unpaired) electrons. The Morgan fingerprint density at radius 2 is 2.29 bits per heavy atom. The summed E-state index contributed by atoms with van der Waals surface area (Å²) in [6.45, 7) is 3.83. The number of nitrogens with one attached hydrogen (secondary N) is 1. The van der Waals surface area contributed by atoms with Gasteiger partial charge in [-0.15, -0.1) is 0 Å². The Kier molecular flexibility index (Phi) is 3.36. The van der Waals surface area contributed by atoms with Crippen molar-refractivity contribution in [3.8, 4) is 6.07 Å². The summed E-state index contributed by atoms with van der Waals surface area (Å²) in [6, 6.07) is 2.42. The van der Waals surface area contributed by atoms with Crippen LogP contribution in [0.15, 0.2) is 0 Å². The molecule has 0 spiro atoms. The predicted molar refractivity (Wildman–Crippen MR) is 63.9 cm³/mol. The van der Waals surface area contributed by atoms with Crippen molar-refractivity contribution in [3.05, 3.63) is 0 Å². The van der Waals surface area contributed by atoms with Gasteiger partial charge in [0.2, 0.25) is 5.91 Å². The van der Waals surface area contributed by atoms with Crippen LogP contribution in [0.25, 0.3) is 0 Å². The number of rotatable bonds is 4. The lowest BCUT2D eigenvalue weighted by Crippen LogP contribution is -2.50. The van der Waals surface area contributed by atoms with Crippen molar-refractivity contribution in [2.24, 2.45) is 11.7 Å². The summed E-state index contributed by atoms with van der Waals surface area (Å²) in [5.74, 6) is 0.271. The third-order valence-corrected chi connectivity index (χ3v) is 3.70. The molecule has 1 saturated carbocycles. The fourth-order valence-corrected chi connectivity index (χ4v) is 2.42. The van der Waals surface area contributed by atoms with Gasteiger partial charge in [0.25, 0.3) is 0 Å². The maximum Gasteiger partial charge on any atom is 0.235 e. The molecule has 1 heterocycles. The molecule has 2 fully saturated rings. The van der Waals surface area contributed by atoms with Crippen LogP contribution >= 0.6 is 0 Å². The lowest BCUT2D eigenvalue weighted by molar-refractivity contribution is -0.123. The first kappa shape index (κ1) is 12.3. The Labute approximate surface area is 102 Å². The van der Waals surface area contributed by atoms with E-state index in [2.05, 4.69) is 11.4 Å². The maximum absolute atomic E-state index is 11.9. The standard InChI is InChI=1S/C12H20N4O/c1-12(8-13,9-2-3-9)15-11(17)7-16-5-4-10(14)6-16/h9-10H,2-7,14H2,1H3,(H,15,17)/t10-,12?/m0/s1. The quantitative estimate of drug-likeness (QED) is 0.710. The highest BCUT2D eigenvalue weighted by Gasteiger charge is 2.43. The number of nitrogens with two attached hydrogens (primary N) is 1. The van der Waals surface area contributed by atoms with Crippen molar-refractivity contribution in [2.45, 2.75) is 37.8 Å². The lowest BCUT2D eigenvalue weighted by atomic mass is 9.98. The molecule has 5 heteroatoms. The Balaban J connectivity index is 1.82. The molecule has 2 aliphatic rings. The Morgan fingerprint density at radius 3 is 2.76 bits per heavy atom. The molecule has 5 nitrogen and oxygen atoms in total. The minimum atomic E-state index is -0.682. The number of amides is 1. The molecule has 1 aliphatic heterocycles. The summed E-state index contributed by atoms with van der Waals surface area (Å²) < 4.78 is 0. The first-order chi connectivity index (χ1) is 8.03. The topological polar surface area (TPSA) is 82.2 Å². The number of hydrogen-bond donors (Lipinski definition) is 2. The average molecular weight is 236 g/mol. The van der Waals surface area contributed by atoms with Gasteiger partial charge in [-0.3, -0.25) is 9.69 Å². The molecule has 1 aliphatic carbocycles. The van der Waals surface area contributed by atoms with Gasteiger partial charge in [-0.2, -0.15) is 5.26 Å². The molecule has 2 rings (SSSR count). The van der Waals surface area contributed by atoms with Crippen molar-refractivity contribution in [1.29, 1.82) is 5.26 Å². The zero-order chi connectivity index (χ0) is 12.5. The lowest BCUT2D eigenvalue weighted by Gasteiger charge is -2.24. The molecule has 17 heavy (non-hydrogen) atoms. The minimum Gasteiger partial charge on any atom is -0.337 e. The number of likely N-dealkylation sites (tertiary alicyclic amines) is 1. The third kappa shape index (κ3) is 2.96. The van der Waals surface area contributed by atoms with E-state index in [1.807, 2.05) is 11.8 Å². The van der Waals surface area contributed by atoms with Crippen LogP contribution in [0, 0.1) is 17.2 Å². The smallest absolute Gasteiger partial charge is 0.235 e. The highest BCUT2D eigenvalue weighted by molar-refractivity contribution is 5.79. The zero-order valence-electron chi connectivity index (χ0n) is 10.3. The number of carbonyl (C=O) groups excluding carboxylic acids is 1. The van der Waals surface area contributed by atoms with E-state index < -0.39 is 5.54 Å². The number of nitriles is 1. The summed E-state index contributed by atoms with van der Waals surface area (Å²) >= 11 is 0. The minimum absolute atomic E-state index is 0.0601. The first-order valence-electron chi connectivity index (χ1n) is 6.23. The largest absolute Gasteiger partial charge is 0.337 e. The van der Waals surface area contributed by atoms with Crippen LogP contribution in [0.3, 0.4) is 0 Å². The van der Waals surface area contributed by atoms with Gasteiger partial charge in [0.05, 0.1) is 12.6 Å². The summed E-state index contributed by atoms with van der Waals surface area (Å²) in [4.78, 5) is 13.9. The Bertz CT molecular complexity index is 347. The number of hydrogen-bond acceptors (Lipinski definition) is 4. The molecular weight excluding hydrogens is 216 g/mol. The van der Waals surface area contributed by atoms with Crippen LogP contribution in [0.1, 0.15) is 26.2 Å². The second-order valence-electron chi connectivity index (χ2n) is 5.42. The van der Waals surface area contributed by atoms with E-state index in [0.29, 0.717) is 12.5 Å². The van der Waals surface area contributed by atoms with E-state index in [1.54, 1.807) is 0 Å². The fraction of sp³-hybridized carbons (Fsp3) is 0.833. The van der Waals surface area contributed by atoms with Crippen molar-refractivity contribution in [1.82, 2.24) is 10.2 Å². The second-order valence-corrected chi connectivity index (χ2v) is 5.42. The number of carbonyl (C=O) groups is 1. The van der Waals surface area contributed by atoms with Gasteiger partial charge in [-0.1, -0.05) is 0 Å². The molecule has 1 unspecified atom stereocenters. The molecule has 0 aromatic rings. The van der Waals surface area contributed by atoms with Gasteiger partial charge < -0.3 is 11.1 Å². The van der Waals surface area contributed by atoms with Crippen molar-refractivity contribution in [3.63, 3.8) is 0 Å². The SMILES string of the molecule is CC(C#N)(NC(=O)CN1CC[C@H](N)C1)C1CC1. The first-order valence-corrected chi connectivity index (χ1v) is 6.23. The Morgan fingerprint density at radius 1 is 1.59 bits per heavy atom. The van der Waals surface area contributed by atoms with Gasteiger partial charge in [-0.25, -0.2) is 0 Å². The van der Waals surface area contributed by atoms with Crippen LogP contribution in [-0.4, -0.2) is 42.0 Å². The second kappa shape index (κ2) is 4.63. The average Bonchev–Trinajstić information content (AvgIpc) is 3.04. The Hall–Kier alpha value is -1.12. The highest BCUT2D eigenvalue weighted by atomic mass is 16.2. The molecular formula is C12H20N4O. The number of nitrogens with zero attached hydrogens (tertiary/aromatic N) is 2. The van der Waals surface area contributed by atoms with Crippen molar-refractivity contribution >= 4 is 5.91 Å². The van der Waals surface area contributed by atoms with Gasteiger partial charge in [-0.05, 0) is 32.1 Å². The molecule has 0 aromatic heterocycles. The van der Waals surface area contributed by atoms with E-state index in [1.165, 1.54) is 0 Å². The maximum atomic E-state index is 11.9. The van der Waals surface area contributed by atoms with Crippen LogP contribution < -0.4 is 11.1 Å². The van der Waals surface area contributed by atoms with Gasteiger partial charge in [0, 0.05) is 19.1 Å². The van der Waals surface area contributed by atoms with Gasteiger partial charge in [0.15, 0.2) is 0 Å².